The SMILES string of the molecule is CN(CC(=O)O)c1nccc(-c2ccc(Br)cc2)n1. The first kappa shape index (κ1) is 13.5. The third-order valence-corrected chi connectivity index (χ3v) is 3.03. The molecule has 98 valence electrons. The molecule has 1 N–H and O–H groups in total. The molecule has 0 atom stereocenters. The first-order valence-corrected chi connectivity index (χ1v) is 6.37. The Morgan fingerprint density at radius 1 is 1.32 bits per heavy atom. The van der Waals surface area contributed by atoms with E-state index in [0.717, 1.165) is 15.7 Å². The molecule has 2 aromatic rings. The summed E-state index contributed by atoms with van der Waals surface area (Å²) >= 11 is 3.38. The van der Waals surface area contributed by atoms with E-state index in [-0.39, 0.29) is 6.54 Å². The van der Waals surface area contributed by atoms with E-state index < -0.39 is 5.97 Å². The molecule has 1 aromatic heterocycles. The molecule has 0 fully saturated rings. The van der Waals surface area contributed by atoms with E-state index in [1.807, 2.05) is 24.3 Å². The van der Waals surface area contributed by atoms with Crippen molar-refractivity contribution in [2.75, 3.05) is 18.5 Å². The summed E-state index contributed by atoms with van der Waals surface area (Å²) in [4.78, 5) is 20.6. The normalized spacial score (nSPS) is 10.2. The van der Waals surface area contributed by atoms with Crippen molar-refractivity contribution in [3.8, 4) is 11.3 Å². The maximum atomic E-state index is 10.7. The largest absolute Gasteiger partial charge is 0.480 e. The number of anilines is 1. The Balaban J connectivity index is 2.28. The Hall–Kier alpha value is -1.95. The van der Waals surface area contributed by atoms with E-state index in [1.165, 1.54) is 4.90 Å². The number of carbonyl (C=O) groups is 1. The molecule has 0 aliphatic carbocycles. The monoisotopic (exact) mass is 321 g/mol. The van der Waals surface area contributed by atoms with Crippen molar-refractivity contribution < 1.29 is 9.90 Å². The fourth-order valence-electron chi connectivity index (χ4n) is 1.59. The number of hydrogen-bond acceptors (Lipinski definition) is 4. The quantitative estimate of drug-likeness (QED) is 0.936. The molecule has 0 spiro atoms. The molecule has 1 heterocycles. The number of hydrogen-bond donors (Lipinski definition) is 1. The number of benzene rings is 1. The molecule has 1 aromatic carbocycles. The summed E-state index contributed by atoms with van der Waals surface area (Å²) in [7, 11) is 1.65. The van der Waals surface area contributed by atoms with Gasteiger partial charge in [-0.15, -0.1) is 0 Å². The second-order valence-corrected chi connectivity index (χ2v) is 4.91. The number of carboxylic acid groups (broad SMARTS) is 1. The van der Waals surface area contributed by atoms with Gasteiger partial charge in [0.2, 0.25) is 5.95 Å². The van der Waals surface area contributed by atoms with Crippen molar-refractivity contribution in [3.63, 3.8) is 0 Å². The van der Waals surface area contributed by atoms with E-state index in [9.17, 15) is 4.79 Å². The summed E-state index contributed by atoms with van der Waals surface area (Å²) in [6.45, 7) is -0.135. The predicted octanol–water partition coefficient (Wildman–Crippen LogP) is 2.43. The van der Waals surface area contributed by atoms with Gasteiger partial charge in [-0.25, -0.2) is 9.97 Å². The molecule has 0 bridgehead atoms. The van der Waals surface area contributed by atoms with Crippen molar-refractivity contribution in [1.82, 2.24) is 9.97 Å². The first-order valence-electron chi connectivity index (χ1n) is 5.58. The van der Waals surface area contributed by atoms with Crippen LogP contribution in [0.15, 0.2) is 41.0 Å². The molecule has 0 saturated heterocycles. The van der Waals surface area contributed by atoms with E-state index >= 15 is 0 Å². The van der Waals surface area contributed by atoms with Crippen LogP contribution in [0.1, 0.15) is 0 Å². The molecule has 0 aliphatic rings. The lowest BCUT2D eigenvalue weighted by Gasteiger charge is -2.14. The number of nitrogens with zero attached hydrogens (tertiary/aromatic N) is 3. The van der Waals surface area contributed by atoms with Gasteiger partial charge in [0.15, 0.2) is 0 Å². The average Bonchev–Trinajstić information content (AvgIpc) is 2.39. The summed E-state index contributed by atoms with van der Waals surface area (Å²) in [6.07, 6.45) is 1.62. The fraction of sp³-hybridized carbons (Fsp3) is 0.154. The highest BCUT2D eigenvalue weighted by Gasteiger charge is 2.09. The van der Waals surface area contributed by atoms with Crippen molar-refractivity contribution in [2.45, 2.75) is 0 Å². The van der Waals surface area contributed by atoms with Gasteiger partial charge in [-0.3, -0.25) is 4.79 Å². The molecule has 0 radical (unpaired) electrons. The topological polar surface area (TPSA) is 66.3 Å². The van der Waals surface area contributed by atoms with Crippen molar-refractivity contribution in [1.29, 1.82) is 0 Å². The summed E-state index contributed by atoms with van der Waals surface area (Å²) in [5, 5.41) is 8.76. The van der Waals surface area contributed by atoms with Crippen LogP contribution in [-0.4, -0.2) is 34.6 Å². The van der Waals surface area contributed by atoms with Crippen LogP contribution in [0.25, 0.3) is 11.3 Å². The Morgan fingerprint density at radius 3 is 2.63 bits per heavy atom. The molecular weight excluding hydrogens is 310 g/mol. The predicted molar refractivity (Wildman–Crippen MR) is 76.1 cm³/mol. The zero-order valence-corrected chi connectivity index (χ0v) is 11.8. The summed E-state index contributed by atoms with van der Waals surface area (Å²) in [5.41, 5.74) is 1.71. The van der Waals surface area contributed by atoms with Crippen LogP contribution < -0.4 is 4.90 Å². The lowest BCUT2D eigenvalue weighted by atomic mass is 10.1. The van der Waals surface area contributed by atoms with Gasteiger partial charge in [-0.05, 0) is 18.2 Å². The minimum Gasteiger partial charge on any atom is -0.480 e. The van der Waals surface area contributed by atoms with Gasteiger partial charge < -0.3 is 10.0 Å². The zero-order chi connectivity index (χ0) is 13.8. The van der Waals surface area contributed by atoms with Gasteiger partial charge in [0, 0.05) is 23.3 Å². The van der Waals surface area contributed by atoms with E-state index in [4.69, 9.17) is 5.11 Å². The maximum absolute atomic E-state index is 10.7. The third-order valence-electron chi connectivity index (χ3n) is 2.50. The van der Waals surface area contributed by atoms with Crippen LogP contribution >= 0.6 is 15.9 Å². The van der Waals surface area contributed by atoms with E-state index in [1.54, 1.807) is 19.3 Å². The number of aliphatic carboxylic acids is 1. The second kappa shape index (κ2) is 5.79. The third kappa shape index (κ3) is 3.51. The summed E-state index contributed by atoms with van der Waals surface area (Å²) in [6, 6.07) is 9.53. The van der Waals surface area contributed by atoms with Gasteiger partial charge in [-0.1, -0.05) is 28.1 Å². The van der Waals surface area contributed by atoms with Gasteiger partial charge in [0.25, 0.3) is 0 Å². The van der Waals surface area contributed by atoms with Crippen molar-refractivity contribution >= 4 is 27.8 Å². The van der Waals surface area contributed by atoms with E-state index in [0.29, 0.717) is 5.95 Å². The smallest absolute Gasteiger partial charge is 0.323 e. The molecular formula is C13H12BrN3O2. The first-order chi connectivity index (χ1) is 9.06. The lowest BCUT2D eigenvalue weighted by Crippen LogP contribution is -2.26. The highest BCUT2D eigenvalue weighted by molar-refractivity contribution is 9.10. The maximum Gasteiger partial charge on any atom is 0.323 e. The molecule has 0 unspecified atom stereocenters. The molecule has 0 aliphatic heterocycles. The van der Waals surface area contributed by atoms with Crippen LogP contribution in [0.2, 0.25) is 0 Å². The van der Waals surface area contributed by atoms with Gasteiger partial charge in [0.1, 0.15) is 6.54 Å². The number of rotatable bonds is 4. The van der Waals surface area contributed by atoms with Crippen molar-refractivity contribution in [3.05, 3.63) is 41.0 Å². The van der Waals surface area contributed by atoms with Crippen LogP contribution in [-0.2, 0) is 4.79 Å². The van der Waals surface area contributed by atoms with Gasteiger partial charge in [0.05, 0.1) is 5.69 Å². The Bertz CT molecular complexity index is 587. The van der Waals surface area contributed by atoms with Crippen LogP contribution in [0.5, 0.6) is 0 Å². The molecule has 0 amide bonds. The molecule has 2 rings (SSSR count). The number of carboxylic acids is 1. The molecule has 5 nitrogen and oxygen atoms in total. The highest BCUT2D eigenvalue weighted by atomic mass is 79.9. The Labute approximate surface area is 119 Å². The minimum absolute atomic E-state index is 0.135. The Kier molecular flexibility index (Phi) is 4.11. The Morgan fingerprint density at radius 2 is 2.00 bits per heavy atom. The minimum atomic E-state index is -0.917. The number of aromatic nitrogens is 2. The lowest BCUT2D eigenvalue weighted by molar-refractivity contribution is -0.135. The standard InChI is InChI=1S/C13H12BrN3O2/c1-17(8-12(18)19)13-15-7-6-11(16-13)9-2-4-10(14)5-3-9/h2-7H,8H2,1H3,(H,18,19). The van der Waals surface area contributed by atoms with Crippen LogP contribution in [0.3, 0.4) is 0 Å². The van der Waals surface area contributed by atoms with E-state index in [2.05, 4.69) is 25.9 Å². The fourth-order valence-corrected chi connectivity index (χ4v) is 1.85. The van der Waals surface area contributed by atoms with Gasteiger partial charge in [-0.2, -0.15) is 0 Å². The summed E-state index contributed by atoms with van der Waals surface area (Å²) < 4.78 is 0.994. The molecule has 0 saturated carbocycles. The molecule has 19 heavy (non-hydrogen) atoms. The van der Waals surface area contributed by atoms with Crippen LogP contribution in [0.4, 0.5) is 5.95 Å². The summed E-state index contributed by atoms with van der Waals surface area (Å²) in [5.74, 6) is -0.525. The van der Waals surface area contributed by atoms with Crippen LogP contribution in [0, 0.1) is 0 Å². The van der Waals surface area contributed by atoms with Gasteiger partial charge >= 0.3 is 5.97 Å². The number of likely N-dealkylation sites (N-methyl/N-ethyl adjacent to an activating group) is 1. The molecule has 6 heteroatoms. The average molecular weight is 322 g/mol. The highest BCUT2D eigenvalue weighted by Crippen LogP contribution is 2.20. The second-order valence-electron chi connectivity index (χ2n) is 4.00. The van der Waals surface area contributed by atoms with Crippen molar-refractivity contribution in [2.24, 2.45) is 0 Å². The zero-order valence-electron chi connectivity index (χ0n) is 10.2. The number of halogens is 1.